The van der Waals surface area contributed by atoms with E-state index >= 15 is 0 Å². The quantitative estimate of drug-likeness (QED) is 0.919. The molecule has 4 nitrogen and oxygen atoms in total. The van der Waals surface area contributed by atoms with Crippen molar-refractivity contribution in [3.05, 3.63) is 46.0 Å². The molecule has 1 N–H and O–H groups in total. The number of hydrogen-bond acceptors (Lipinski definition) is 3. The van der Waals surface area contributed by atoms with Gasteiger partial charge in [0.1, 0.15) is 5.82 Å². The van der Waals surface area contributed by atoms with Crippen LogP contribution in [0.2, 0.25) is 0 Å². The Bertz CT molecular complexity index is 772. The molecule has 2 aliphatic heterocycles. The maximum absolute atomic E-state index is 13.9. The second kappa shape index (κ2) is 5.18. The van der Waals surface area contributed by atoms with E-state index in [9.17, 15) is 9.18 Å². The molecule has 3 heterocycles. The van der Waals surface area contributed by atoms with Gasteiger partial charge in [0.05, 0.1) is 5.52 Å². The molecule has 2 aliphatic rings. The Morgan fingerprint density at radius 2 is 2.23 bits per heavy atom. The molecular formula is C17H20FN3O. The first kappa shape index (κ1) is 13.9. The Morgan fingerprint density at radius 3 is 3.05 bits per heavy atom. The highest BCUT2D eigenvalue weighted by Crippen LogP contribution is 2.30. The number of likely N-dealkylation sites (N-methyl/N-ethyl adjacent to an activating group) is 1. The van der Waals surface area contributed by atoms with Crippen molar-refractivity contribution in [1.29, 1.82) is 0 Å². The Hall–Kier alpha value is -1.72. The fourth-order valence-electron chi connectivity index (χ4n) is 4.00. The number of benzene rings is 1. The molecule has 0 aliphatic carbocycles. The topological polar surface area (TPSA) is 39.3 Å². The van der Waals surface area contributed by atoms with Crippen molar-refractivity contribution in [3.63, 3.8) is 0 Å². The van der Waals surface area contributed by atoms with Crippen LogP contribution in [0.25, 0.3) is 10.9 Å². The zero-order chi connectivity index (χ0) is 15.3. The van der Waals surface area contributed by atoms with Crippen molar-refractivity contribution in [1.82, 2.24) is 14.8 Å². The monoisotopic (exact) mass is 301 g/mol. The fourth-order valence-corrected chi connectivity index (χ4v) is 4.00. The molecule has 2 atom stereocenters. The van der Waals surface area contributed by atoms with Crippen LogP contribution in [-0.2, 0) is 6.54 Å². The summed E-state index contributed by atoms with van der Waals surface area (Å²) >= 11 is 0. The first-order valence-corrected chi connectivity index (χ1v) is 7.85. The van der Waals surface area contributed by atoms with Gasteiger partial charge in [0.2, 0.25) is 0 Å². The van der Waals surface area contributed by atoms with Gasteiger partial charge in [-0.25, -0.2) is 4.39 Å². The maximum Gasteiger partial charge on any atom is 0.189 e. The number of nitrogens with one attached hydrogen (secondary N) is 1. The molecule has 22 heavy (non-hydrogen) atoms. The van der Waals surface area contributed by atoms with Crippen molar-refractivity contribution < 1.29 is 4.39 Å². The third-order valence-electron chi connectivity index (χ3n) is 5.16. The molecule has 0 bridgehead atoms. The summed E-state index contributed by atoms with van der Waals surface area (Å²) in [5.74, 6) is 0.364. The molecule has 5 heteroatoms. The summed E-state index contributed by atoms with van der Waals surface area (Å²) < 4.78 is 13.9. The summed E-state index contributed by atoms with van der Waals surface area (Å²) in [6, 6.07) is 6.86. The van der Waals surface area contributed by atoms with Crippen LogP contribution in [0.4, 0.5) is 4.39 Å². The summed E-state index contributed by atoms with van der Waals surface area (Å²) in [7, 11) is 2.18. The van der Waals surface area contributed by atoms with E-state index in [0.29, 0.717) is 23.5 Å². The van der Waals surface area contributed by atoms with Gasteiger partial charge in [-0.3, -0.25) is 9.69 Å². The highest BCUT2D eigenvalue weighted by molar-refractivity contribution is 5.78. The van der Waals surface area contributed by atoms with Crippen LogP contribution < -0.4 is 5.43 Å². The molecule has 4 rings (SSSR count). The number of aromatic nitrogens is 1. The minimum atomic E-state index is -0.366. The lowest BCUT2D eigenvalue weighted by atomic mass is 10.1. The molecule has 2 saturated heterocycles. The van der Waals surface area contributed by atoms with Crippen molar-refractivity contribution in [2.24, 2.45) is 5.92 Å². The van der Waals surface area contributed by atoms with E-state index in [-0.39, 0.29) is 11.2 Å². The third-order valence-corrected chi connectivity index (χ3v) is 5.16. The minimum Gasteiger partial charge on any atom is -0.355 e. The largest absolute Gasteiger partial charge is 0.355 e. The highest BCUT2D eigenvalue weighted by atomic mass is 19.1. The van der Waals surface area contributed by atoms with Gasteiger partial charge in [-0.1, -0.05) is 6.07 Å². The molecule has 1 aromatic carbocycles. The number of aromatic amines is 1. The third kappa shape index (κ3) is 2.25. The van der Waals surface area contributed by atoms with E-state index in [1.54, 1.807) is 18.2 Å². The summed E-state index contributed by atoms with van der Waals surface area (Å²) in [6.45, 7) is 3.95. The molecule has 116 valence electrons. The van der Waals surface area contributed by atoms with Crippen molar-refractivity contribution in [2.75, 3.05) is 26.7 Å². The predicted molar refractivity (Wildman–Crippen MR) is 84.3 cm³/mol. The van der Waals surface area contributed by atoms with Crippen LogP contribution in [0.5, 0.6) is 0 Å². The van der Waals surface area contributed by atoms with Gasteiger partial charge in [0, 0.05) is 42.8 Å². The number of halogens is 1. The average Bonchev–Trinajstić information content (AvgIpc) is 3.02. The maximum atomic E-state index is 13.9. The minimum absolute atomic E-state index is 0.111. The van der Waals surface area contributed by atoms with E-state index in [1.165, 1.54) is 19.0 Å². The molecular weight excluding hydrogens is 281 g/mol. The van der Waals surface area contributed by atoms with E-state index in [2.05, 4.69) is 21.8 Å². The Labute approximate surface area is 128 Å². The smallest absolute Gasteiger partial charge is 0.189 e. The number of hydrogen-bond donors (Lipinski definition) is 1. The van der Waals surface area contributed by atoms with Gasteiger partial charge in [0.15, 0.2) is 5.43 Å². The number of pyridine rings is 1. The van der Waals surface area contributed by atoms with Gasteiger partial charge in [-0.2, -0.15) is 0 Å². The fraction of sp³-hybridized carbons (Fsp3) is 0.471. The second-order valence-electron chi connectivity index (χ2n) is 6.61. The van der Waals surface area contributed by atoms with E-state index < -0.39 is 0 Å². The number of nitrogens with zero attached hydrogens (tertiary/aromatic N) is 2. The van der Waals surface area contributed by atoms with Gasteiger partial charge in [-0.15, -0.1) is 0 Å². The van der Waals surface area contributed by atoms with Crippen LogP contribution >= 0.6 is 0 Å². The number of rotatable bonds is 2. The predicted octanol–water partition coefficient (Wildman–Crippen LogP) is 1.80. The first-order chi connectivity index (χ1) is 10.6. The van der Waals surface area contributed by atoms with E-state index in [1.807, 2.05) is 0 Å². The molecule has 0 saturated carbocycles. The summed E-state index contributed by atoms with van der Waals surface area (Å²) in [5.41, 5.74) is 1.01. The van der Waals surface area contributed by atoms with Crippen LogP contribution in [0.3, 0.4) is 0 Å². The van der Waals surface area contributed by atoms with E-state index in [0.717, 1.165) is 24.7 Å². The molecule has 0 unspecified atom stereocenters. The number of H-pyrrole nitrogens is 1. The molecule has 0 spiro atoms. The molecule has 2 fully saturated rings. The molecule has 0 radical (unpaired) electrons. The molecule has 0 amide bonds. The van der Waals surface area contributed by atoms with Gasteiger partial charge < -0.3 is 9.88 Å². The lowest BCUT2D eigenvalue weighted by molar-refractivity contribution is 0.254. The zero-order valence-electron chi connectivity index (χ0n) is 12.7. The van der Waals surface area contributed by atoms with Crippen LogP contribution in [0, 0.1) is 11.7 Å². The van der Waals surface area contributed by atoms with Crippen molar-refractivity contribution in [2.45, 2.75) is 19.0 Å². The normalized spacial score (nSPS) is 25.9. The average molecular weight is 301 g/mol. The lowest BCUT2D eigenvalue weighted by Gasteiger charge is -2.20. The standard InChI is InChI=1S/C17H20FN3O/c1-20-6-5-11-8-21(10-15(11)20)9-12-7-16(22)13-3-2-4-14(18)17(13)19-12/h2-4,7,11,15H,5-6,8-10H2,1H3,(H,19,22)/t11-,15+/m0/s1. The lowest BCUT2D eigenvalue weighted by Crippen LogP contribution is -2.32. The van der Waals surface area contributed by atoms with Crippen molar-refractivity contribution in [3.8, 4) is 0 Å². The Kier molecular flexibility index (Phi) is 3.27. The van der Waals surface area contributed by atoms with Gasteiger partial charge in [0.25, 0.3) is 0 Å². The number of fused-ring (bicyclic) bond motifs is 2. The first-order valence-electron chi connectivity index (χ1n) is 7.85. The molecule has 2 aromatic rings. The van der Waals surface area contributed by atoms with Crippen LogP contribution in [-0.4, -0.2) is 47.5 Å². The van der Waals surface area contributed by atoms with Gasteiger partial charge >= 0.3 is 0 Å². The van der Waals surface area contributed by atoms with Crippen LogP contribution in [0.15, 0.2) is 29.1 Å². The summed E-state index contributed by atoms with van der Waals surface area (Å²) in [4.78, 5) is 20.1. The number of para-hydroxylation sites is 1. The summed E-state index contributed by atoms with van der Waals surface area (Å²) in [5, 5.41) is 0.418. The highest BCUT2D eigenvalue weighted by Gasteiger charge is 2.39. The van der Waals surface area contributed by atoms with E-state index in [4.69, 9.17) is 0 Å². The molecule has 1 aromatic heterocycles. The Morgan fingerprint density at radius 1 is 1.36 bits per heavy atom. The number of likely N-dealkylation sites (tertiary alicyclic amines) is 2. The second-order valence-corrected chi connectivity index (χ2v) is 6.61. The van der Waals surface area contributed by atoms with Gasteiger partial charge in [-0.05, 0) is 38.1 Å². The Balaban J connectivity index is 1.60. The zero-order valence-corrected chi connectivity index (χ0v) is 12.7. The summed E-state index contributed by atoms with van der Waals surface area (Å²) in [6.07, 6.45) is 1.25. The van der Waals surface area contributed by atoms with Crippen LogP contribution in [0.1, 0.15) is 12.1 Å². The SMILES string of the molecule is CN1CC[C@H]2CN(Cc3cc(=O)c4cccc(F)c4[nH]3)C[C@H]21. The van der Waals surface area contributed by atoms with Crippen molar-refractivity contribution >= 4 is 10.9 Å².